The lowest BCUT2D eigenvalue weighted by atomic mass is 10.2. The van der Waals surface area contributed by atoms with E-state index in [1.54, 1.807) is 23.9 Å². The molecule has 0 aliphatic carbocycles. The number of rotatable bonds is 4. The third-order valence-electron chi connectivity index (χ3n) is 3.03. The predicted octanol–water partition coefficient (Wildman–Crippen LogP) is 3.12. The lowest BCUT2D eigenvalue weighted by Crippen LogP contribution is -2.13. The number of hydrogen-bond donors (Lipinski definition) is 2. The molecule has 0 amide bonds. The van der Waals surface area contributed by atoms with Gasteiger partial charge in [-0.2, -0.15) is 0 Å². The quantitative estimate of drug-likeness (QED) is 0.772. The van der Waals surface area contributed by atoms with Gasteiger partial charge in [-0.05, 0) is 62.5 Å². The zero-order valence-corrected chi connectivity index (χ0v) is 15.5. The van der Waals surface area contributed by atoms with Crippen LogP contribution in [-0.4, -0.2) is 13.0 Å². The molecule has 8 heteroatoms. The van der Waals surface area contributed by atoms with Crippen molar-refractivity contribution >= 4 is 47.6 Å². The van der Waals surface area contributed by atoms with Crippen LogP contribution >= 0.6 is 31.9 Å². The summed E-state index contributed by atoms with van der Waals surface area (Å²) in [6.07, 6.45) is 1.54. The van der Waals surface area contributed by atoms with Crippen molar-refractivity contribution in [3.05, 3.63) is 44.6 Å². The Balaban J connectivity index is 2.42. The van der Waals surface area contributed by atoms with Gasteiger partial charge in [0.05, 0.1) is 5.69 Å². The van der Waals surface area contributed by atoms with E-state index in [1.807, 2.05) is 19.1 Å². The first-order chi connectivity index (χ1) is 9.74. The number of aryl methyl sites for hydroxylation is 2. The van der Waals surface area contributed by atoms with Crippen LogP contribution in [0, 0.1) is 6.92 Å². The number of nitrogens with one attached hydrogen (secondary N) is 1. The van der Waals surface area contributed by atoms with Crippen LogP contribution in [0.25, 0.3) is 0 Å². The standard InChI is InChI=1S/C13H15Br2N3O2S/c1-8-3-11(14)13(12(15)4-8)17-21(19,20)10-5-9(6-16)18(2)7-10/h3-5,7,17H,6,16H2,1-2H3. The molecule has 0 saturated heterocycles. The van der Waals surface area contributed by atoms with Crippen LogP contribution in [-0.2, 0) is 23.6 Å². The van der Waals surface area contributed by atoms with Crippen molar-refractivity contribution < 1.29 is 8.42 Å². The van der Waals surface area contributed by atoms with Crippen molar-refractivity contribution in [2.45, 2.75) is 18.4 Å². The van der Waals surface area contributed by atoms with Crippen molar-refractivity contribution in [3.8, 4) is 0 Å². The van der Waals surface area contributed by atoms with Crippen molar-refractivity contribution in [3.63, 3.8) is 0 Å². The molecule has 114 valence electrons. The fraction of sp³-hybridized carbons (Fsp3) is 0.231. The fourth-order valence-corrected chi connectivity index (χ4v) is 4.99. The Morgan fingerprint density at radius 3 is 2.29 bits per heavy atom. The normalized spacial score (nSPS) is 11.7. The van der Waals surface area contributed by atoms with E-state index in [1.165, 1.54) is 0 Å². The maximum Gasteiger partial charge on any atom is 0.263 e. The molecule has 0 spiro atoms. The molecule has 1 heterocycles. The second-order valence-electron chi connectivity index (χ2n) is 4.69. The molecule has 0 unspecified atom stereocenters. The van der Waals surface area contributed by atoms with Gasteiger partial charge < -0.3 is 10.3 Å². The molecule has 2 rings (SSSR count). The third kappa shape index (κ3) is 3.50. The molecular weight excluding hydrogens is 422 g/mol. The minimum atomic E-state index is -3.67. The van der Waals surface area contributed by atoms with Gasteiger partial charge in [0.1, 0.15) is 4.90 Å². The lowest BCUT2D eigenvalue weighted by Gasteiger charge is -2.11. The zero-order valence-electron chi connectivity index (χ0n) is 11.5. The number of hydrogen-bond acceptors (Lipinski definition) is 3. The molecule has 0 aliphatic heterocycles. The van der Waals surface area contributed by atoms with E-state index in [9.17, 15) is 8.42 Å². The second kappa shape index (κ2) is 6.12. The molecule has 0 aliphatic rings. The lowest BCUT2D eigenvalue weighted by molar-refractivity contribution is 0.601. The number of anilines is 1. The molecular formula is C13H15Br2N3O2S. The molecule has 5 nitrogen and oxygen atoms in total. The highest BCUT2D eigenvalue weighted by molar-refractivity contribution is 9.11. The topological polar surface area (TPSA) is 77.1 Å². The molecule has 0 fully saturated rings. The molecule has 1 aromatic carbocycles. The Labute approximate surface area is 140 Å². The van der Waals surface area contributed by atoms with E-state index < -0.39 is 10.0 Å². The van der Waals surface area contributed by atoms with Crippen LogP contribution < -0.4 is 10.5 Å². The van der Waals surface area contributed by atoms with Gasteiger partial charge >= 0.3 is 0 Å². The van der Waals surface area contributed by atoms with Crippen molar-refractivity contribution in [1.82, 2.24) is 4.57 Å². The molecule has 3 N–H and O–H groups in total. The van der Waals surface area contributed by atoms with Gasteiger partial charge in [-0.1, -0.05) is 0 Å². The van der Waals surface area contributed by atoms with Crippen molar-refractivity contribution in [2.24, 2.45) is 12.8 Å². The van der Waals surface area contributed by atoms with Gasteiger partial charge in [-0.3, -0.25) is 4.72 Å². The minimum absolute atomic E-state index is 0.185. The van der Waals surface area contributed by atoms with E-state index in [4.69, 9.17) is 5.73 Å². The van der Waals surface area contributed by atoms with E-state index in [0.29, 0.717) is 14.6 Å². The summed E-state index contributed by atoms with van der Waals surface area (Å²) in [5, 5.41) is 0. The average molecular weight is 437 g/mol. The monoisotopic (exact) mass is 435 g/mol. The van der Waals surface area contributed by atoms with Crippen LogP contribution in [0.4, 0.5) is 5.69 Å². The summed E-state index contributed by atoms with van der Waals surface area (Å²) >= 11 is 6.75. The maximum atomic E-state index is 12.5. The third-order valence-corrected chi connectivity index (χ3v) is 5.59. The first-order valence-electron chi connectivity index (χ1n) is 6.08. The van der Waals surface area contributed by atoms with Crippen molar-refractivity contribution in [1.29, 1.82) is 0 Å². The zero-order chi connectivity index (χ0) is 15.8. The van der Waals surface area contributed by atoms with Gasteiger partial charge in [0, 0.05) is 34.4 Å². The second-order valence-corrected chi connectivity index (χ2v) is 8.08. The average Bonchev–Trinajstić information content (AvgIpc) is 2.76. The number of nitrogens with two attached hydrogens (primary N) is 1. The Morgan fingerprint density at radius 2 is 1.81 bits per heavy atom. The molecule has 0 radical (unpaired) electrons. The maximum absolute atomic E-state index is 12.5. The first kappa shape index (κ1) is 16.5. The van der Waals surface area contributed by atoms with E-state index >= 15 is 0 Å². The predicted molar refractivity (Wildman–Crippen MR) is 90.7 cm³/mol. The Bertz CT molecular complexity index is 762. The number of sulfonamides is 1. The molecule has 1 aromatic heterocycles. The Hall–Kier alpha value is -0.830. The summed E-state index contributed by atoms with van der Waals surface area (Å²) in [6, 6.07) is 5.26. The fourth-order valence-electron chi connectivity index (χ4n) is 1.92. The molecule has 2 aromatic rings. The number of halogens is 2. The highest BCUT2D eigenvalue weighted by Gasteiger charge is 2.20. The number of benzene rings is 1. The van der Waals surface area contributed by atoms with Gasteiger partial charge in [-0.15, -0.1) is 0 Å². The number of aromatic nitrogens is 1. The summed E-state index contributed by atoms with van der Waals surface area (Å²) in [4.78, 5) is 0.185. The summed E-state index contributed by atoms with van der Waals surface area (Å²) in [5.41, 5.74) is 7.81. The van der Waals surface area contributed by atoms with Gasteiger partial charge in [-0.25, -0.2) is 8.42 Å². The Morgan fingerprint density at radius 1 is 1.24 bits per heavy atom. The van der Waals surface area contributed by atoms with Crippen molar-refractivity contribution in [2.75, 3.05) is 4.72 Å². The van der Waals surface area contributed by atoms with Crippen LogP contribution in [0.3, 0.4) is 0 Å². The highest BCUT2D eigenvalue weighted by atomic mass is 79.9. The largest absolute Gasteiger partial charge is 0.352 e. The smallest absolute Gasteiger partial charge is 0.263 e. The molecule has 21 heavy (non-hydrogen) atoms. The van der Waals surface area contributed by atoms with E-state index in [0.717, 1.165) is 11.3 Å². The summed E-state index contributed by atoms with van der Waals surface area (Å²) in [7, 11) is -1.91. The van der Waals surface area contributed by atoms with Crippen LogP contribution in [0.5, 0.6) is 0 Å². The molecule has 0 saturated carbocycles. The van der Waals surface area contributed by atoms with E-state index in [-0.39, 0.29) is 11.4 Å². The summed E-state index contributed by atoms with van der Waals surface area (Å²) < 4.78 is 30.6. The van der Waals surface area contributed by atoms with E-state index in [2.05, 4.69) is 36.6 Å². The van der Waals surface area contributed by atoms with Crippen LogP contribution in [0.2, 0.25) is 0 Å². The van der Waals surface area contributed by atoms with Gasteiger partial charge in [0.15, 0.2) is 0 Å². The highest BCUT2D eigenvalue weighted by Crippen LogP contribution is 2.34. The first-order valence-corrected chi connectivity index (χ1v) is 9.15. The van der Waals surface area contributed by atoms with Gasteiger partial charge in [0.25, 0.3) is 10.0 Å². The SMILES string of the molecule is Cc1cc(Br)c(NS(=O)(=O)c2cc(CN)n(C)c2)c(Br)c1. The Kier molecular flexibility index (Phi) is 4.82. The van der Waals surface area contributed by atoms with Gasteiger partial charge in [0.2, 0.25) is 0 Å². The van der Waals surface area contributed by atoms with Crippen LogP contribution in [0.1, 0.15) is 11.3 Å². The summed E-state index contributed by atoms with van der Waals surface area (Å²) in [6.45, 7) is 2.21. The number of nitrogens with zero attached hydrogens (tertiary/aromatic N) is 1. The van der Waals surface area contributed by atoms with Crippen LogP contribution in [0.15, 0.2) is 38.2 Å². The minimum Gasteiger partial charge on any atom is -0.352 e. The molecule has 0 atom stereocenters. The molecule has 0 bridgehead atoms. The summed E-state index contributed by atoms with van der Waals surface area (Å²) in [5.74, 6) is 0.